The highest BCUT2D eigenvalue weighted by Crippen LogP contribution is 2.43. The van der Waals surface area contributed by atoms with Crippen LogP contribution in [-0.2, 0) is 5.60 Å². The second kappa shape index (κ2) is 4.87. The average molecular weight is 270 g/mol. The third-order valence-corrected chi connectivity index (χ3v) is 5.26. The van der Waals surface area contributed by atoms with Gasteiger partial charge in [-0.2, -0.15) is 5.26 Å². The number of nitrogens with zero attached hydrogens (tertiary/aromatic N) is 2. The number of aryl methyl sites for hydroxylation is 1. The van der Waals surface area contributed by atoms with Crippen molar-refractivity contribution in [2.24, 2.45) is 0 Å². The van der Waals surface area contributed by atoms with Crippen molar-refractivity contribution in [1.29, 1.82) is 5.26 Å². The van der Waals surface area contributed by atoms with Crippen molar-refractivity contribution in [2.45, 2.75) is 56.7 Å². The predicted octanol–water partition coefficient (Wildman–Crippen LogP) is 2.70. The molecule has 0 aromatic heterocycles. The van der Waals surface area contributed by atoms with E-state index in [9.17, 15) is 5.11 Å². The van der Waals surface area contributed by atoms with Gasteiger partial charge in [-0.15, -0.1) is 0 Å². The summed E-state index contributed by atoms with van der Waals surface area (Å²) in [7, 11) is 2.19. The topological polar surface area (TPSA) is 47.3 Å². The van der Waals surface area contributed by atoms with E-state index in [0.29, 0.717) is 17.6 Å². The van der Waals surface area contributed by atoms with Crippen LogP contribution in [0.15, 0.2) is 18.2 Å². The predicted molar refractivity (Wildman–Crippen MR) is 78.2 cm³/mol. The molecule has 2 aliphatic heterocycles. The molecule has 20 heavy (non-hydrogen) atoms. The van der Waals surface area contributed by atoms with Crippen LogP contribution in [-0.4, -0.2) is 29.1 Å². The van der Waals surface area contributed by atoms with Crippen LogP contribution >= 0.6 is 0 Å². The second-order valence-corrected chi connectivity index (χ2v) is 6.49. The second-order valence-electron chi connectivity index (χ2n) is 6.49. The minimum Gasteiger partial charge on any atom is -0.385 e. The largest absolute Gasteiger partial charge is 0.385 e. The molecule has 2 atom stereocenters. The number of benzene rings is 1. The Morgan fingerprint density at radius 1 is 1.30 bits per heavy atom. The zero-order valence-electron chi connectivity index (χ0n) is 12.3. The van der Waals surface area contributed by atoms with E-state index in [4.69, 9.17) is 5.26 Å². The molecule has 0 radical (unpaired) electrons. The lowest BCUT2D eigenvalue weighted by Gasteiger charge is -2.50. The van der Waals surface area contributed by atoms with E-state index in [1.807, 2.05) is 25.1 Å². The van der Waals surface area contributed by atoms with Crippen molar-refractivity contribution in [3.63, 3.8) is 0 Å². The summed E-state index contributed by atoms with van der Waals surface area (Å²) in [6, 6.07) is 8.95. The summed E-state index contributed by atoms with van der Waals surface area (Å²) in [5.74, 6) is 0. The Kier molecular flexibility index (Phi) is 3.32. The molecular formula is C17H22N2O. The monoisotopic (exact) mass is 270 g/mol. The van der Waals surface area contributed by atoms with Crippen LogP contribution in [0.25, 0.3) is 0 Å². The van der Waals surface area contributed by atoms with Gasteiger partial charge in [0.05, 0.1) is 17.2 Å². The Morgan fingerprint density at radius 2 is 1.95 bits per heavy atom. The van der Waals surface area contributed by atoms with Crippen molar-refractivity contribution in [3.8, 4) is 6.07 Å². The molecule has 2 unspecified atom stereocenters. The molecule has 0 saturated carbocycles. The van der Waals surface area contributed by atoms with E-state index < -0.39 is 5.60 Å². The zero-order chi connectivity index (χ0) is 14.3. The number of fused-ring (bicyclic) bond motifs is 2. The maximum Gasteiger partial charge on any atom is 0.0994 e. The van der Waals surface area contributed by atoms with Crippen LogP contribution in [0.3, 0.4) is 0 Å². The van der Waals surface area contributed by atoms with Gasteiger partial charge in [0.2, 0.25) is 0 Å². The van der Waals surface area contributed by atoms with Crippen molar-refractivity contribution in [1.82, 2.24) is 4.90 Å². The molecule has 3 nitrogen and oxygen atoms in total. The zero-order valence-corrected chi connectivity index (χ0v) is 12.3. The Bertz CT molecular complexity index is 547. The third-order valence-electron chi connectivity index (χ3n) is 5.26. The van der Waals surface area contributed by atoms with Crippen molar-refractivity contribution < 1.29 is 5.11 Å². The minimum absolute atomic E-state index is 0.489. The molecule has 106 valence electrons. The van der Waals surface area contributed by atoms with Gasteiger partial charge in [-0.3, -0.25) is 0 Å². The average Bonchev–Trinajstić information content (AvgIpc) is 2.41. The quantitative estimate of drug-likeness (QED) is 0.853. The Morgan fingerprint density at radius 3 is 2.50 bits per heavy atom. The van der Waals surface area contributed by atoms with Crippen LogP contribution in [0.4, 0.5) is 0 Å². The smallest absolute Gasteiger partial charge is 0.0994 e. The van der Waals surface area contributed by atoms with Crippen LogP contribution in [0.5, 0.6) is 0 Å². The molecule has 2 fully saturated rings. The summed E-state index contributed by atoms with van der Waals surface area (Å²) < 4.78 is 0. The lowest BCUT2D eigenvalue weighted by molar-refractivity contribution is -0.0874. The first-order valence-corrected chi connectivity index (χ1v) is 7.49. The van der Waals surface area contributed by atoms with Crippen molar-refractivity contribution in [3.05, 3.63) is 34.9 Å². The van der Waals surface area contributed by atoms with E-state index in [-0.39, 0.29) is 0 Å². The summed E-state index contributed by atoms with van der Waals surface area (Å²) in [5, 5.41) is 20.2. The van der Waals surface area contributed by atoms with Gasteiger partial charge in [0.1, 0.15) is 0 Å². The lowest BCUT2D eigenvalue weighted by atomic mass is 9.72. The Hall–Kier alpha value is -1.37. The molecule has 3 heteroatoms. The molecule has 2 heterocycles. The molecule has 1 aromatic carbocycles. The fraction of sp³-hybridized carbons (Fsp3) is 0.588. The maximum absolute atomic E-state index is 11.1. The summed E-state index contributed by atoms with van der Waals surface area (Å²) in [6.07, 6.45) is 5.27. The van der Waals surface area contributed by atoms with Gasteiger partial charge in [0.25, 0.3) is 0 Å². The van der Waals surface area contributed by atoms with Crippen LogP contribution in [0, 0.1) is 18.3 Å². The van der Waals surface area contributed by atoms with Gasteiger partial charge in [0.15, 0.2) is 0 Å². The molecule has 0 amide bonds. The normalized spacial score (nSPS) is 33.7. The molecule has 0 spiro atoms. The number of nitriles is 1. The van der Waals surface area contributed by atoms with Crippen LogP contribution in [0.1, 0.15) is 48.8 Å². The summed E-state index contributed by atoms with van der Waals surface area (Å²) >= 11 is 0. The molecule has 2 aliphatic rings. The molecule has 2 bridgehead atoms. The highest BCUT2D eigenvalue weighted by atomic mass is 16.3. The fourth-order valence-electron chi connectivity index (χ4n) is 3.96. The Balaban J connectivity index is 1.93. The van der Waals surface area contributed by atoms with E-state index >= 15 is 0 Å². The molecule has 1 N–H and O–H groups in total. The van der Waals surface area contributed by atoms with Gasteiger partial charge in [-0.25, -0.2) is 0 Å². The number of hydrogen-bond acceptors (Lipinski definition) is 3. The number of piperidine rings is 2. The van der Waals surface area contributed by atoms with Gasteiger partial charge in [0, 0.05) is 12.1 Å². The maximum atomic E-state index is 11.1. The van der Waals surface area contributed by atoms with Crippen molar-refractivity contribution in [2.75, 3.05) is 7.05 Å². The molecule has 0 aliphatic carbocycles. The number of aliphatic hydroxyl groups is 1. The third kappa shape index (κ3) is 2.13. The molecule has 1 aromatic rings. The minimum atomic E-state index is -0.721. The Labute approximate surface area is 120 Å². The summed E-state index contributed by atoms with van der Waals surface area (Å²) in [6.45, 7) is 1.95. The first-order chi connectivity index (χ1) is 9.53. The van der Waals surface area contributed by atoms with Gasteiger partial charge in [-0.1, -0.05) is 18.6 Å². The fourth-order valence-corrected chi connectivity index (χ4v) is 3.96. The highest BCUT2D eigenvalue weighted by Gasteiger charge is 2.44. The van der Waals surface area contributed by atoms with Crippen molar-refractivity contribution >= 4 is 0 Å². The molecular weight excluding hydrogens is 248 g/mol. The van der Waals surface area contributed by atoms with Gasteiger partial charge >= 0.3 is 0 Å². The van der Waals surface area contributed by atoms with E-state index in [2.05, 4.69) is 18.0 Å². The van der Waals surface area contributed by atoms with E-state index in [0.717, 1.165) is 24.0 Å². The lowest BCUT2D eigenvalue weighted by Crippen LogP contribution is -2.55. The van der Waals surface area contributed by atoms with Gasteiger partial charge in [-0.05, 0) is 56.8 Å². The molecule has 2 saturated heterocycles. The SMILES string of the molecule is Cc1cc(C2(O)CC3CCCC(C2)N3C)ccc1C#N. The van der Waals surface area contributed by atoms with E-state index in [1.165, 1.54) is 19.3 Å². The van der Waals surface area contributed by atoms with Gasteiger partial charge < -0.3 is 10.0 Å². The summed E-state index contributed by atoms with van der Waals surface area (Å²) in [5.41, 5.74) is 1.92. The first-order valence-electron chi connectivity index (χ1n) is 7.49. The first kappa shape index (κ1) is 13.6. The van der Waals surface area contributed by atoms with E-state index in [1.54, 1.807) is 0 Å². The molecule has 3 rings (SSSR count). The van der Waals surface area contributed by atoms with Crippen LogP contribution in [0.2, 0.25) is 0 Å². The number of rotatable bonds is 1. The summed E-state index contributed by atoms with van der Waals surface area (Å²) in [4.78, 5) is 2.45. The van der Waals surface area contributed by atoms with Crippen LogP contribution < -0.4 is 0 Å². The standard InChI is InChI=1S/C17H22N2O/c1-12-8-14(7-6-13(12)11-18)17(20)9-15-4-3-5-16(10-17)19(15)2/h6-8,15-16,20H,3-5,9-10H2,1-2H3. The highest BCUT2D eigenvalue weighted by molar-refractivity contribution is 5.41. The number of hydrogen-bond donors (Lipinski definition) is 1.